The van der Waals surface area contributed by atoms with Crippen molar-refractivity contribution in [2.24, 2.45) is 5.41 Å². The van der Waals surface area contributed by atoms with Crippen LogP contribution >= 0.6 is 0 Å². The molecule has 0 spiro atoms. The second kappa shape index (κ2) is 4.92. The maximum absolute atomic E-state index is 12.9. The molecule has 104 valence electrons. The van der Waals surface area contributed by atoms with Gasteiger partial charge in [-0.1, -0.05) is 25.8 Å². The zero-order valence-corrected chi connectivity index (χ0v) is 11.5. The van der Waals surface area contributed by atoms with Gasteiger partial charge < -0.3 is 5.32 Å². The van der Waals surface area contributed by atoms with Crippen molar-refractivity contribution < 1.29 is 17.1 Å². The van der Waals surface area contributed by atoms with E-state index < -0.39 is 20.5 Å². The van der Waals surface area contributed by atoms with Crippen LogP contribution in [0.2, 0.25) is 0 Å². The van der Waals surface area contributed by atoms with Crippen molar-refractivity contribution >= 4 is 21.8 Å². The molecule has 1 fully saturated rings. The summed E-state index contributed by atoms with van der Waals surface area (Å²) >= 11 is 0. The van der Waals surface area contributed by atoms with Crippen LogP contribution in [0, 0.1) is 5.41 Å². The molecule has 0 aliphatic heterocycles. The Morgan fingerprint density at radius 2 is 1.95 bits per heavy atom. The van der Waals surface area contributed by atoms with Crippen molar-refractivity contribution in [3.63, 3.8) is 0 Å². The molecule has 1 saturated carbocycles. The number of anilines is 1. The fourth-order valence-corrected chi connectivity index (χ4v) is 2.90. The van der Waals surface area contributed by atoms with Crippen molar-refractivity contribution in [3.8, 4) is 0 Å². The van der Waals surface area contributed by atoms with Gasteiger partial charge in [0.05, 0.1) is 0 Å². The Hall–Kier alpha value is -1.43. The summed E-state index contributed by atoms with van der Waals surface area (Å²) in [5, 5.41) is 2.67. The summed E-state index contributed by atoms with van der Waals surface area (Å²) in [7, 11) is -4.75. The van der Waals surface area contributed by atoms with Crippen LogP contribution in [0.4, 0.5) is 9.57 Å². The van der Waals surface area contributed by atoms with Crippen LogP contribution in [0.15, 0.2) is 29.2 Å². The van der Waals surface area contributed by atoms with E-state index in [1.54, 1.807) is 6.07 Å². The molecular weight excluding hydrogens is 269 g/mol. The van der Waals surface area contributed by atoms with Gasteiger partial charge in [0.2, 0.25) is 5.91 Å². The van der Waals surface area contributed by atoms with Crippen molar-refractivity contribution in [2.45, 2.75) is 37.5 Å². The number of nitrogens with one attached hydrogen (secondary N) is 1. The standard InChI is InChI=1S/C13H16FNO3S/c1-13(7-2-3-8-13)12(16)15-10-5-4-6-11(9-10)19(14,17)18/h4-6,9H,2-3,7-8H2,1H3,(H,15,16). The number of hydrogen-bond donors (Lipinski definition) is 1. The fourth-order valence-electron chi connectivity index (χ4n) is 2.39. The van der Waals surface area contributed by atoms with E-state index in [4.69, 9.17) is 0 Å². The van der Waals surface area contributed by atoms with Gasteiger partial charge in [-0.15, -0.1) is 3.89 Å². The van der Waals surface area contributed by atoms with Crippen LogP contribution in [-0.2, 0) is 15.0 Å². The number of benzene rings is 1. The van der Waals surface area contributed by atoms with Gasteiger partial charge in [0.25, 0.3) is 0 Å². The van der Waals surface area contributed by atoms with E-state index in [-0.39, 0.29) is 5.91 Å². The van der Waals surface area contributed by atoms with E-state index in [9.17, 15) is 17.1 Å². The number of hydrogen-bond acceptors (Lipinski definition) is 3. The number of amides is 1. The van der Waals surface area contributed by atoms with Crippen LogP contribution in [0.5, 0.6) is 0 Å². The highest BCUT2D eigenvalue weighted by atomic mass is 32.3. The van der Waals surface area contributed by atoms with Gasteiger partial charge in [-0.05, 0) is 31.0 Å². The molecule has 19 heavy (non-hydrogen) atoms. The van der Waals surface area contributed by atoms with Gasteiger partial charge in [-0.2, -0.15) is 8.42 Å². The molecule has 0 heterocycles. The summed E-state index contributed by atoms with van der Waals surface area (Å²) in [6, 6.07) is 5.23. The predicted octanol–water partition coefficient (Wildman–Crippen LogP) is 2.86. The molecule has 0 saturated heterocycles. The van der Waals surface area contributed by atoms with Crippen LogP contribution in [0.1, 0.15) is 32.6 Å². The first-order valence-corrected chi connectivity index (χ1v) is 7.56. The van der Waals surface area contributed by atoms with Gasteiger partial charge in [-0.25, -0.2) is 0 Å². The Labute approximate surface area is 112 Å². The molecule has 0 unspecified atom stereocenters. The summed E-state index contributed by atoms with van der Waals surface area (Å²) in [4.78, 5) is 11.7. The van der Waals surface area contributed by atoms with E-state index in [0.717, 1.165) is 37.8 Å². The monoisotopic (exact) mass is 285 g/mol. The molecule has 1 aromatic carbocycles. The van der Waals surface area contributed by atoms with Gasteiger partial charge >= 0.3 is 10.2 Å². The molecule has 1 aromatic rings. The first-order chi connectivity index (χ1) is 8.81. The second-order valence-electron chi connectivity index (χ2n) is 5.19. The lowest BCUT2D eigenvalue weighted by Crippen LogP contribution is -2.30. The average Bonchev–Trinajstić information content (AvgIpc) is 2.77. The molecule has 0 aromatic heterocycles. The van der Waals surface area contributed by atoms with E-state index in [1.807, 2.05) is 6.92 Å². The number of carbonyl (C=O) groups is 1. The normalized spacial score (nSPS) is 18.2. The fraction of sp³-hybridized carbons (Fsp3) is 0.462. The zero-order chi connectivity index (χ0) is 14.1. The van der Waals surface area contributed by atoms with Crippen molar-refractivity contribution in [1.82, 2.24) is 0 Å². The third-order valence-corrected chi connectivity index (χ3v) is 4.45. The van der Waals surface area contributed by atoms with E-state index in [0.29, 0.717) is 5.69 Å². The molecule has 1 aliphatic carbocycles. The second-order valence-corrected chi connectivity index (χ2v) is 6.53. The lowest BCUT2D eigenvalue weighted by atomic mass is 9.88. The lowest BCUT2D eigenvalue weighted by molar-refractivity contribution is -0.124. The average molecular weight is 285 g/mol. The van der Waals surface area contributed by atoms with Crippen molar-refractivity contribution in [1.29, 1.82) is 0 Å². The third kappa shape index (κ3) is 3.12. The minimum Gasteiger partial charge on any atom is -0.326 e. The maximum atomic E-state index is 12.9. The van der Waals surface area contributed by atoms with E-state index in [2.05, 4.69) is 5.32 Å². The minimum absolute atomic E-state index is 0.140. The molecule has 1 amide bonds. The molecule has 2 rings (SSSR count). The minimum atomic E-state index is -4.75. The van der Waals surface area contributed by atoms with Crippen molar-refractivity contribution in [3.05, 3.63) is 24.3 Å². The molecular formula is C13H16FNO3S. The Bertz CT molecular complexity index is 592. The smallest absolute Gasteiger partial charge is 0.326 e. The predicted molar refractivity (Wildman–Crippen MR) is 69.9 cm³/mol. The number of rotatable bonds is 3. The Morgan fingerprint density at radius 3 is 2.53 bits per heavy atom. The topological polar surface area (TPSA) is 63.2 Å². The van der Waals surface area contributed by atoms with Crippen LogP contribution in [-0.4, -0.2) is 14.3 Å². The van der Waals surface area contributed by atoms with Gasteiger partial charge in [0, 0.05) is 11.1 Å². The summed E-state index contributed by atoms with van der Waals surface area (Å²) in [5.41, 5.74) is -0.109. The Kier molecular flexibility index (Phi) is 3.62. The van der Waals surface area contributed by atoms with Crippen LogP contribution in [0.25, 0.3) is 0 Å². The summed E-state index contributed by atoms with van der Waals surface area (Å²) < 4.78 is 34.5. The first kappa shape index (κ1) is 14.0. The van der Waals surface area contributed by atoms with E-state index in [1.165, 1.54) is 6.07 Å². The molecule has 0 radical (unpaired) electrons. The van der Waals surface area contributed by atoms with Crippen LogP contribution < -0.4 is 5.32 Å². The molecule has 0 atom stereocenters. The molecule has 6 heteroatoms. The molecule has 0 bridgehead atoms. The lowest BCUT2D eigenvalue weighted by Gasteiger charge is -2.22. The van der Waals surface area contributed by atoms with Crippen LogP contribution in [0.3, 0.4) is 0 Å². The number of halogens is 1. The van der Waals surface area contributed by atoms with Gasteiger partial charge in [-0.3, -0.25) is 4.79 Å². The summed E-state index contributed by atoms with van der Waals surface area (Å²) in [6.45, 7) is 1.89. The Morgan fingerprint density at radius 1 is 1.32 bits per heavy atom. The molecule has 4 nitrogen and oxygen atoms in total. The van der Waals surface area contributed by atoms with Crippen molar-refractivity contribution in [2.75, 3.05) is 5.32 Å². The highest BCUT2D eigenvalue weighted by molar-refractivity contribution is 7.86. The highest BCUT2D eigenvalue weighted by Crippen LogP contribution is 2.38. The Balaban J connectivity index is 2.18. The largest absolute Gasteiger partial charge is 0.332 e. The number of carbonyl (C=O) groups excluding carboxylic acids is 1. The first-order valence-electron chi connectivity index (χ1n) is 6.17. The maximum Gasteiger partial charge on any atom is 0.332 e. The summed E-state index contributed by atoms with van der Waals surface area (Å²) in [5.74, 6) is -0.140. The summed E-state index contributed by atoms with van der Waals surface area (Å²) in [6.07, 6.45) is 3.67. The zero-order valence-electron chi connectivity index (χ0n) is 10.6. The van der Waals surface area contributed by atoms with E-state index >= 15 is 0 Å². The molecule has 1 aliphatic rings. The highest BCUT2D eigenvalue weighted by Gasteiger charge is 2.36. The quantitative estimate of drug-likeness (QED) is 0.869. The third-order valence-electron chi connectivity index (χ3n) is 3.63. The van der Waals surface area contributed by atoms with Gasteiger partial charge in [0.15, 0.2) is 0 Å². The SMILES string of the molecule is CC1(C(=O)Nc2cccc(S(=O)(=O)F)c2)CCCC1. The molecule has 1 N–H and O–H groups in total. The van der Waals surface area contributed by atoms with Gasteiger partial charge in [0.1, 0.15) is 4.90 Å².